The van der Waals surface area contributed by atoms with Crippen molar-refractivity contribution in [3.05, 3.63) is 205 Å². The van der Waals surface area contributed by atoms with E-state index < -0.39 is 0 Å². The van der Waals surface area contributed by atoms with Gasteiger partial charge in [0.1, 0.15) is 0 Å². The zero-order valence-corrected chi connectivity index (χ0v) is 41.8. The van der Waals surface area contributed by atoms with E-state index in [1.165, 1.54) is 117 Å². The van der Waals surface area contributed by atoms with Crippen LogP contribution in [0.5, 0.6) is 0 Å². The molecule has 3 aliphatic heterocycles. The van der Waals surface area contributed by atoms with E-state index in [1.807, 2.05) is 0 Å². The topological polar surface area (TPSA) is 11.4 Å². The van der Waals surface area contributed by atoms with Crippen LogP contribution in [0.4, 0.5) is 34.1 Å². The molecule has 70 heavy (non-hydrogen) atoms. The summed E-state index contributed by atoms with van der Waals surface area (Å²) in [6.07, 6.45) is 0. The summed E-state index contributed by atoms with van der Waals surface area (Å²) in [5.74, 6) is 0. The van der Waals surface area contributed by atoms with Crippen molar-refractivity contribution in [3.8, 4) is 44.6 Å². The third kappa shape index (κ3) is 6.21. The summed E-state index contributed by atoms with van der Waals surface area (Å²) in [6, 6.07) is 71.6. The first-order valence-corrected chi connectivity index (χ1v) is 25.1. The number of hydrogen-bond donors (Lipinski definition) is 0. The molecule has 0 N–H and O–H groups in total. The molecule has 13 rings (SSSR count). The molecule has 0 atom stereocenters. The highest BCUT2D eigenvalue weighted by Crippen LogP contribution is 2.56. The fraction of sp³-hybridized carbons (Fsp3) is 0.182. The number of hydrogen-bond acceptors (Lipinski definition) is 2. The Bertz CT molecular complexity index is 3750. The van der Waals surface area contributed by atoms with E-state index in [9.17, 15) is 0 Å². The van der Waals surface area contributed by atoms with Gasteiger partial charge in [-0.3, -0.25) is 0 Å². The molecule has 4 heteroatoms. The predicted octanol–water partition coefficient (Wildman–Crippen LogP) is 16.9. The third-order valence-electron chi connectivity index (χ3n) is 15.5. The Balaban J connectivity index is 1.26. The van der Waals surface area contributed by atoms with Crippen molar-refractivity contribution in [2.45, 2.75) is 78.6 Å². The van der Waals surface area contributed by atoms with Gasteiger partial charge in [0, 0.05) is 61.1 Å². The summed E-state index contributed by atoms with van der Waals surface area (Å²) in [4.78, 5) is 5.13. The SMILES string of the molecule is CC(C)(C)c1ccc(N2c3cc(C(C)(C)C)cc4c3B(c3cc5c6c(cccc6c32)N(c2ccccc2)c2ccccc2-5)n2c(-c3ccccc3)c(-c3ccccc3)c3cc(C(C)(C)C)cc-4c32)cc1. The number of anilines is 6. The molecule has 1 aromatic heterocycles. The Hall–Kier alpha value is -7.56. The minimum Gasteiger partial charge on any atom is -0.375 e. The maximum atomic E-state index is 2.78. The van der Waals surface area contributed by atoms with Crippen LogP contribution in [0.25, 0.3) is 66.3 Å². The van der Waals surface area contributed by atoms with Crippen LogP contribution >= 0.6 is 0 Å². The van der Waals surface area contributed by atoms with Crippen molar-refractivity contribution in [1.82, 2.24) is 4.48 Å². The Morgan fingerprint density at radius 3 is 1.63 bits per heavy atom. The molecule has 0 bridgehead atoms. The molecule has 3 nitrogen and oxygen atoms in total. The van der Waals surface area contributed by atoms with Gasteiger partial charge in [-0.05, 0) is 121 Å². The number of fused-ring (bicyclic) bond motifs is 7. The van der Waals surface area contributed by atoms with E-state index in [-0.39, 0.29) is 23.1 Å². The molecule has 0 amide bonds. The largest absolute Gasteiger partial charge is 0.375 e. The van der Waals surface area contributed by atoms with Crippen LogP contribution in [0.2, 0.25) is 0 Å². The van der Waals surface area contributed by atoms with Crippen molar-refractivity contribution in [2.75, 3.05) is 9.80 Å². The van der Waals surface area contributed by atoms with Gasteiger partial charge in [0.05, 0.1) is 17.1 Å². The van der Waals surface area contributed by atoms with Crippen molar-refractivity contribution < 1.29 is 0 Å². The highest BCUT2D eigenvalue weighted by molar-refractivity contribution is 6.90. The van der Waals surface area contributed by atoms with Gasteiger partial charge < -0.3 is 14.3 Å². The molecule has 0 unspecified atom stereocenters. The van der Waals surface area contributed by atoms with Crippen molar-refractivity contribution in [2.24, 2.45) is 0 Å². The first kappa shape index (κ1) is 42.5. The molecule has 0 saturated heterocycles. The number of rotatable bonds is 4. The third-order valence-corrected chi connectivity index (χ3v) is 15.5. The predicted molar refractivity (Wildman–Crippen MR) is 301 cm³/mol. The van der Waals surface area contributed by atoms with E-state index in [0.29, 0.717) is 0 Å². The van der Waals surface area contributed by atoms with Crippen LogP contribution in [-0.2, 0) is 16.2 Å². The van der Waals surface area contributed by atoms with Crippen LogP contribution in [-0.4, -0.2) is 11.3 Å². The van der Waals surface area contributed by atoms with Crippen LogP contribution in [0.1, 0.15) is 79.0 Å². The standard InChI is InChI=1S/C66H58BN3/c1-64(2,3)43-32-34-47(35-33-43)69-57-39-45(66(7,8)9)36-51-52-37-44(65(4,5)6)38-53-58(41-22-13-10-14-23-41)61(42-24-15-11-16-25-42)70(62(52)53)67(60(51)57)54-40-50-48-28-19-20-30-55(48)68(46-26-17-12-18-27-46)56-31-21-29-49(59(50)56)63(54)69/h10-40H,1-9H3. The normalized spacial score (nSPS) is 13.7. The van der Waals surface area contributed by atoms with Gasteiger partial charge in [-0.1, -0.05) is 196 Å². The van der Waals surface area contributed by atoms with E-state index in [0.717, 1.165) is 11.4 Å². The molecule has 0 aliphatic carbocycles. The molecule has 0 saturated carbocycles. The summed E-state index contributed by atoms with van der Waals surface area (Å²) < 4.78 is 2.78. The van der Waals surface area contributed by atoms with Crippen molar-refractivity contribution >= 4 is 73.6 Å². The van der Waals surface area contributed by atoms with Gasteiger partial charge in [0.25, 0.3) is 0 Å². The fourth-order valence-corrected chi connectivity index (χ4v) is 12.0. The summed E-state index contributed by atoms with van der Waals surface area (Å²) >= 11 is 0. The Morgan fingerprint density at radius 1 is 0.386 bits per heavy atom. The molecular formula is C66H58BN3. The molecule has 4 heterocycles. The maximum Gasteiger partial charge on any atom is 0.333 e. The van der Waals surface area contributed by atoms with Gasteiger partial charge in [-0.25, -0.2) is 0 Å². The number of para-hydroxylation sites is 2. The fourth-order valence-electron chi connectivity index (χ4n) is 12.0. The first-order chi connectivity index (χ1) is 33.7. The Kier molecular flexibility index (Phi) is 9.10. The van der Waals surface area contributed by atoms with E-state index in [4.69, 9.17) is 0 Å². The zero-order chi connectivity index (χ0) is 48.0. The molecule has 0 radical (unpaired) electrons. The summed E-state index contributed by atoms with van der Waals surface area (Å²) in [7, 11) is 0. The van der Waals surface area contributed by atoms with E-state index in [1.54, 1.807) is 0 Å². The van der Waals surface area contributed by atoms with Gasteiger partial charge in [0.15, 0.2) is 0 Å². The van der Waals surface area contributed by atoms with Gasteiger partial charge in [0.2, 0.25) is 0 Å². The average molecular weight is 904 g/mol. The molecule has 9 aromatic carbocycles. The molecule has 3 aliphatic rings. The van der Waals surface area contributed by atoms with Crippen molar-refractivity contribution in [1.29, 1.82) is 0 Å². The summed E-state index contributed by atoms with van der Waals surface area (Å²) in [5.41, 5.74) is 25.0. The number of benzene rings is 9. The average Bonchev–Trinajstić information content (AvgIpc) is 3.70. The quantitative estimate of drug-likeness (QED) is 0.163. The summed E-state index contributed by atoms with van der Waals surface area (Å²) in [6.45, 7) is 21.0. The van der Waals surface area contributed by atoms with Gasteiger partial charge in [-0.2, -0.15) is 0 Å². The monoisotopic (exact) mass is 903 g/mol. The molecular weight excluding hydrogens is 846 g/mol. The van der Waals surface area contributed by atoms with E-state index >= 15 is 0 Å². The zero-order valence-electron chi connectivity index (χ0n) is 41.8. The first-order valence-electron chi connectivity index (χ1n) is 25.1. The molecule has 0 fully saturated rings. The minimum absolute atomic E-state index is 0.00903. The van der Waals surface area contributed by atoms with Crippen LogP contribution in [0, 0.1) is 0 Å². The number of nitrogens with zero attached hydrogens (tertiary/aromatic N) is 3. The highest BCUT2D eigenvalue weighted by Gasteiger charge is 2.47. The lowest BCUT2D eigenvalue weighted by Crippen LogP contribution is -2.57. The van der Waals surface area contributed by atoms with Gasteiger partial charge >= 0.3 is 6.85 Å². The molecule has 10 aromatic rings. The maximum absolute atomic E-state index is 2.78. The van der Waals surface area contributed by atoms with Crippen molar-refractivity contribution in [3.63, 3.8) is 0 Å². The van der Waals surface area contributed by atoms with Crippen LogP contribution < -0.4 is 20.7 Å². The second-order valence-electron chi connectivity index (χ2n) is 23.0. The molecule has 0 spiro atoms. The lowest BCUT2D eigenvalue weighted by molar-refractivity contribution is 0.589. The number of aromatic nitrogens is 1. The Morgan fingerprint density at radius 2 is 0.957 bits per heavy atom. The Labute approximate surface area is 413 Å². The van der Waals surface area contributed by atoms with Crippen LogP contribution in [0.15, 0.2) is 188 Å². The van der Waals surface area contributed by atoms with E-state index in [2.05, 4.69) is 265 Å². The lowest BCUT2D eigenvalue weighted by Gasteiger charge is -2.44. The lowest BCUT2D eigenvalue weighted by atomic mass is 9.44. The van der Waals surface area contributed by atoms with Crippen LogP contribution in [0.3, 0.4) is 0 Å². The second kappa shape index (κ2) is 15.0. The minimum atomic E-state index is -0.161. The summed E-state index contributed by atoms with van der Waals surface area (Å²) in [5, 5.41) is 3.82. The second-order valence-corrected chi connectivity index (χ2v) is 23.0. The van der Waals surface area contributed by atoms with Gasteiger partial charge in [-0.15, -0.1) is 0 Å². The smallest absolute Gasteiger partial charge is 0.333 e. The molecule has 340 valence electrons. The highest BCUT2D eigenvalue weighted by atomic mass is 15.2.